The maximum Gasteiger partial charge on any atom is 0.251 e. The van der Waals surface area contributed by atoms with E-state index in [1.165, 1.54) is 6.07 Å². The highest BCUT2D eigenvalue weighted by molar-refractivity contribution is 5.94. The van der Waals surface area contributed by atoms with E-state index in [9.17, 15) is 9.18 Å². The SMILES string of the molecule is Cc1cc(CNC(=O)c2ccc(-c3nn[nH]n3)cc2)ccc1F. The van der Waals surface area contributed by atoms with Crippen LogP contribution in [0.4, 0.5) is 4.39 Å². The molecule has 0 fully saturated rings. The fourth-order valence-corrected chi connectivity index (χ4v) is 2.16. The van der Waals surface area contributed by atoms with Gasteiger partial charge in [0.05, 0.1) is 0 Å². The van der Waals surface area contributed by atoms with Crippen LogP contribution < -0.4 is 5.32 Å². The van der Waals surface area contributed by atoms with E-state index in [0.717, 1.165) is 11.1 Å². The molecule has 3 rings (SSSR count). The second kappa shape index (κ2) is 6.35. The zero-order valence-corrected chi connectivity index (χ0v) is 12.4. The summed E-state index contributed by atoms with van der Waals surface area (Å²) in [5, 5.41) is 16.4. The van der Waals surface area contributed by atoms with Crippen LogP contribution in [-0.4, -0.2) is 26.5 Å². The van der Waals surface area contributed by atoms with Crippen molar-refractivity contribution < 1.29 is 9.18 Å². The molecule has 0 radical (unpaired) electrons. The molecule has 23 heavy (non-hydrogen) atoms. The van der Waals surface area contributed by atoms with Gasteiger partial charge in [-0.1, -0.05) is 24.3 Å². The topological polar surface area (TPSA) is 83.6 Å². The molecule has 2 N–H and O–H groups in total. The molecular formula is C16H14FN5O. The first-order valence-electron chi connectivity index (χ1n) is 7.00. The van der Waals surface area contributed by atoms with Crippen LogP contribution in [0.25, 0.3) is 11.4 Å². The van der Waals surface area contributed by atoms with E-state index in [-0.39, 0.29) is 11.7 Å². The minimum Gasteiger partial charge on any atom is -0.348 e. The maximum atomic E-state index is 13.2. The molecule has 7 heteroatoms. The van der Waals surface area contributed by atoms with E-state index in [0.29, 0.717) is 23.5 Å². The summed E-state index contributed by atoms with van der Waals surface area (Å²) in [5.41, 5.74) is 2.70. The second-order valence-electron chi connectivity index (χ2n) is 5.08. The number of hydrogen-bond acceptors (Lipinski definition) is 4. The van der Waals surface area contributed by atoms with Gasteiger partial charge in [0.2, 0.25) is 5.82 Å². The summed E-state index contributed by atoms with van der Waals surface area (Å²) in [6, 6.07) is 11.7. The van der Waals surface area contributed by atoms with Crippen molar-refractivity contribution in [2.75, 3.05) is 0 Å². The molecule has 0 aliphatic carbocycles. The minimum atomic E-state index is -0.253. The molecule has 6 nitrogen and oxygen atoms in total. The Hall–Kier alpha value is -3.09. The molecule has 0 aliphatic heterocycles. The minimum absolute atomic E-state index is 0.202. The van der Waals surface area contributed by atoms with Crippen molar-refractivity contribution in [1.82, 2.24) is 25.9 Å². The third-order valence-electron chi connectivity index (χ3n) is 3.43. The number of nitrogens with one attached hydrogen (secondary N) is 2. The number of aromatic amines is 1. The van der Waals surface area contributed by atoms with Gasteiger partial charge < -0.3 is 5.32 Å². The number of halogens is 1. The summed E-state index contributed by atoms with van der Waals surface area (Å²) in [7, 11) is 0. The summed E-state index contributed by atoms with van der Waals surface area (Å²) in [4.78, 5) is 12.1. The van der Waals surface area contributed by atoms with Gasteiger partial charge in [-0.3, -0.25) is 4.79 Å². The summed E-state index contributed by atoms with van der Waals surface area (Å²) in [5.74, 6) is 0.0162. The first kappa shape index (κ1) is 14.8. The quantitative estimate of drug-likeness (QED) is 0.774. The molecule has 3 aromatic rings. The van der Waals surface area contributed by atoms with Crippen LogP contribution in [0.3, 0.4) is 0 Å². The number of carbonyl (C=O) groups excluding carboxylic acids is 1. The smallest absolute Gasteiger partial charge is 0.251 e. The highest BCUT2D eigenvalue weighted by atomic mass is 19.1. The van der Waals surface area contributed by atoms with Crippen LogP contribution in [0.5, 0.6) is 0 Å². The van der Waals surface area contributed by atoms with Crippen LogP contribution in [0.15, 0.2) is 42.5 Å². The fraction of sp³-hybridized carbons (Fsp3) is 0.125. The lowest BCUT2D eigenvalue weighted by atomic mass is 10.1. The molecule has 1 heterocycles. The first-order chi connectivity index (χ1) is 11.1. The van der Waals surface area contributed by atoms with Crippen LogP contribution >= 0.6 is 0 Å². The van der Waals surface area contributed by atoms with Crippen LogP contribution in [0, 0.1) is 12.7 Å². The number of tetrazole rings is 1. The lowest BCUT2D eigenvalue weighted by Crippen LogP contribution is -2.22. The number of nitrogens with zero attached hydrogens (tertiary/aromatic N) is 3. The number of hydrogen-bond donors (Lipinski definition) is 2. The molecule has 2 aromatic carbocycles. The van der Waals surface area contributed by atoms with Gasteiger partial charge in [0.25, 0.3) is 5.91 Å². The monoisotopic (exact) mass is 311 g/mol. The van der Waals surface area contributed by atoms with E-state index in [1.807, 2.05) is 0 Å². The van der Waals surface area contributed by atoms with Gasteiger partial charge in [0.15, 0.2) is 0 Å². The third kappa shape index (κ3) is 3.39. The normalized spacial score (nSPS) is 10.5. The molecule has 0 saturated heterocycles. The standard InChI is InChI=1S/C16H14FN5O/c1-10-8-11(2-7-14(10)17)9-18-16(23)13-5-3-12(4-6-13)15-19-21-22-20-15/h2-8H,9H2,1H3,(H,18,23)(H,19,20,21,22). The van der Waals surface area contributed by atoms with Crippen molar-refractivity contribution in [3.8, 4) is 11.4 Å². The van der Waals surface area contributed by atoms with Gasteiger partial charge >= 0.3 is 0 Å². The Bertz CT molecular complexity index is 815. The number of amides is 1. The van der Waals surface area contributed by atoms with Crippen LogP contribution in [0.1, 0.15) is 21.5 Å². The molecule has 116 valence electrons. The summed E-state index contributed by atoms with van der Waals surface area (Å²) >= 11 is 0. The molecule has 0 spiro atoms. The van der Waals surface area contributed by atoms with Crippen molar-refractivity contribution in [2.24, 2.45) is 0 Å². The number of aryl methyl sites for hydroxylation is 1. The second-order valence-corrected chi connectivity index (χ2v) is 5.08. The van der Waals surface area contributed by atoms with Gasteiger partial charge in [-0.25, -0.2) is 4.39 Å². The summed E-state index contributed by atoms with van der Waals surface area (Å²) < 4.78 is 13.2. The molecular weight excluding hydrogens is 297 g/mol. The number of benzene rings is 2. The van der Waals surface area contributed by atoms with Crippen LogP contribution in [0.2, 0.25) is 0 Å². The zero-order valence-electron chi connectivity index (χ0n) is 12.4. The van der Waals surface area contributed by atoms with E-state index in [2.05, 4.69) is 25.9 Å². The maximum absolute atomic E-state index is 13.2. The fourth-order valence-electron chi connectivity index (χ4n) is 2.16. The van der Waals surface area contributed by atoms with Gasteiger partial charge in [0.1, 0.15) is 5.82 Å². The average Bonchev–Trinajstić information content (AvgIpc) is 3.10. The van der Waals surface area contributed by atoms with Gasteiger partial charge in [-0.05, 0) is 41.5 Å². The molecule has 0 saturated carbocycles. The Morgan fingerprint density at radius 2 is 2.00 bits per heavy atom. The molecule has 1 amide bonds. The summed E-state index contributed by atoms with van der Waals surface area (Å²) in [6.45, 7) is 2.03. The van der Waals surface area contributed by atoms with Crippen molar-refractivity contribution >= 4 is 5.91 Å². The lowest BCUT2D eigenvalue weighted by molar-refractivity contribution is 0.0951. The highest BCUT2D eigenvalue weighted by Crippen LogP contribution is 2.14. The molecule has 0 aliphatic rings. The van der Waals surface area contributed by atoms with Gasteiger partial charge in [-0.2, -0.15) is 5.21 Å². The number of rotatable bonds is 4. The van der Waals surface area contributed by atoms with E-state index in [1.54, 1.807) is 43.3 Å². The predicted molar refractivity (Wildman–Crippen MR) is 81.9 cm³/mol. The van der Waals surface area contributed by atoms with Crippen molar-refractivity contribution in [3.63, 3.8) is 0 Å². The molecule has 1 aromatic heterocycles. The van der Waals surface area contributed by atoms with E-state index >= 15 is 0 Å². The van der Waals surface area contributed by atoms with Gasteiger partial charge in [-0.15, -0.1) is 10.2 Å². The largest absolute Gasteiger partial charge is 0.348 e. The zero-order chi connectivity index (χ0) is 16.2. The molecule has 0 atom stereocenters. The molecule has 0 unspecified atom stereocenters. The van der Waals surface area contributed by atoms with Crippen molar-refractivity contribution in [2.45, 2.75) is 13.5 Å². The van der Waals surface area contributed by atoms with Crippen LogP contribution in [-0.2, 0) is 6.54 Å². The lowest BCUT2D eigenvalue weighted by Gasteiger charge is -2.07. The Morgan fingerprint density at radius 1 is 1.22 bits per heavy atom. The van der Waals surface area contributed by atoms with E-state index < -0.39 is 0 Å². The predicted octanol–water partition coefficient (Wildman–Crippen LogP) is 2.24. The van der Waals surface area contributed by atoms with Crippen molar-refractivity contribution in [1.29, 1.82) is 0 Å². The Kier molecular flexibility index (Phi) is 4.09. The van der Waals surface area contributed by atoms with Gasteiger partial charge in [0, 0.05) is 17.7 Å². The third-order valence-corrected chi connectivity index (χ3v) is 3.43. The number of aromatic nitrogens is 4. The Balaban J connectivity index is 1.65. The van der Waals surface area contributed by atoms with E-state index in [4.69, 9.17) is 0 Å². The highest BCUT2D eigenvalue weighted by Gasteiger charge is 2.08. The number of carbonyl (C=O) groups is 1. The summed E-state index contributed by atoms with van der Waals surface area (Å²) in [6.07, 6.45) is 0. The average molecular weight is 311 g/mol. The number of H-pyrrole nitrogens is 1. The Labute approximate surface area is 131 Å². The Morgan fingerprint density at radius 3 is 2.65 bits per heavy atom. The first-order valence-corrected chi connectivity index (χ1v) is 7.00. The molecule has 0 bridgehead atoms. The van der Waals surface area contributed by atoms with Crippen molar-refractivity contribution in [3.05, 3.63) is 65.0 Å².